The largest absolute Gasteiger partial charge is 0.477 e. The van der Waals surface area contributed by atoms with Crippen LogP contribution in [0.25, 0.3) is 0 Å². The van der Waals surface area contributed by atoms with Gasteiger partial charge in [-0.15, -0.1) is 0 Å². The number of pyridine rings is 1. The van der Waals surface area contributed by atoms with Crippen molar-refractivity contribution >= 4 is 11.9 Å². The highest BCUT2D eigenvalue weighted by Crippen LogP contribution is 2.20. The van der Waals surface area contributed by atoms with Crippen molar-refractivity contribution in [1.29, 1.82) is 0 Å². The van der Waals surface area contributed by atoms with Crippen LogP contribution in [0.3, 0.4) is 0 Å². The molecule has 1 atom stereocenters. The first kappa shape index (κ1) is 15.4. The van der Waals surface area contributed by atoms with E-state index in [0.29, 0.717) is 13.2 Å². The van der Waals surface area contributed by atoms with E-state index in [1.807, 2.05) is 13.8 Å². The van der Waals surface area contributed by atoms with E-state index in [1.54, 1.807) is 17.0 Å². The number of likely N-dealkylation sites (tertiary alicyclic amines) is 1. The summed E-state index contributed by atoms with van der Waals surface area (Å²) >= 11 is 0. The highest BCUT2D eigenvalue weighted by atomic mass is 16.5. The Bertz CT molecular complexity index is 530. The third kappa shape index (κ3) is 3.78. The molecule has 1 aromatic heterocycles. The number of carbonyl (C=O) groups excluding carboxylic acids is 1. The molecule has 0 bridgehead atoms. The van der Waals surface area contributed by atoms with E-state index in [9.17, 15) is 9.59 Å². The van der Waals surface area contributed by atoms with E-state index in [4.69, 9.17) is 9.84 Å². The molecular weight excluding hydrogens is 272 g/mol. The van der Waals surface area contributed by atoms with E-state index >= 15 is 0 Å². The molecule has 0 radical (unpaired) electrons. The summed E-state index contributed by atoms with van der Waals surface area (Å²) in [5.74, 6) is -1.36. The van der Waals surface area contributed by atoms with E-state index in [1.165, 1.54) is 6.07 Å². The van der Waals surface area contributed by atoms with E-state index < -0.39 is 5.97 Å². The number of nitrogens with zero attached hydrogens (tertiary/aromatic N) is 2. The predicted octanol–water partition coefficient (Wildman–Crippen LogP) is 1.81. The molecule has 0 spiro atoms. The van der Waals surface area contributed by atoms with Gasteiger partial charge >= 0.3 is 5.97 Å². The third-order valence-corrected chi connectivity index (χ3v) is 3.45. The Morgan fingerprint density at radius 1 is 1.43 bits per heavy atom. The monoisotopic (exact) mass is 292 g/mol. The molecule has 0 aliphatic carbocycles. The molecular formula is C15H20N2O4. The van der Waals surface area contributed by atoms with Crippen LogP contribution in [0.2, 0.25) is 0 Å². The Hall–Kier alpha value is -1.95. The lowest BCUT2D eigenvalue weighted by molar-refractivity contribution is 0.0323. The van der Waals surface area contributed by atoms with Crippen LogP contribution in [0.1, 0.15) is 47.7 Å². The summed E-state index contributed by atoms with van der Waals surface area (Å²) in [6.07, 6.45) is 1.95. The summed E-state index contributed by atoms with van der Waals surface area (Å²) in [6.45, 7) is 5.07. The van der Waals surface area contributed by atoms with Crippen molar-refractivity contribution in [2.24, 2.45) is 0 Å². The van der Waals surface area contributed by atoms with Crippen molar-refractivity contribution in [2.45, 2.75) is 38.8 Å². The minimum atomic E-state index is -1.13. The van der Waals surface area contributed by atoms with Crippen LogP contribution in [0.4, 0.5) is 0 Å². The summed E-state index contributed by atoms with van der Waals surface area (Å²) in [6, 6.07) is 4.50. The van der Waals surface area contributed by atoms with Crippen LogP contribution >= 0.6 is 0 Å². The number of amides is 1. The Labute approximate surface area is 123 Å². The molecule has 21 heavy (non-hydrogen) atoms. The molecule has 0 saturated carbocycles. The molecule has 1 aliphatic heterocycles. The molecule has 1 saturated heterocycles. The Morgan fingerprint density at radius 2 is 2.14 bits per heavy atom. The molecule has 0 unspecified atom stereocenters. The van der Waals surface area contributed by atoms with Crippen molar-refractivity contribution < 1.29 is 19.4 Å². The average Bonchev–Trinajstić information content (AvgIpc) is 2.92. The zero-order valence-electron chi connectivity index (χ0n) is 12.3. The number of aromatic nitrogens is 1. The number of carboxylic acid groups (broad SMARTS) is 1. The van der Waals surface area contributed by atoms with E-state index in [2.05, 4.69) is 4.98 Å². The zero-order chi connectivity index (χ0) is 15.4. The van der Waals surface area contributed by atoms with Gasteiger partial charge in [0.2, 0.25) is 0 Å². The van der Waals surface area contributed by atoms with Crippen molar-refractivity contribution in [1.82, 2.24) is 9.88 Å². The number of aromatic carboxylic acids is 1. The standard InChI is InChI=1S/C15H20N2O4/c1-10(2)21-9-11-5-4-8-17(11)14(18)12-6-3-7-13(16-12)15(19)20/h3,6-7,10-11H,4-5,8-9H2,1-2H3,(H,19,20)/t11-/m1/s1. The lowest BCUT2D eigenvalue weighted by atomic mass is 10.2. The van der Waals surface area contributed by atoms with Gasteiger partial charge in [-0.25, -0.2) is 9.78 Å². The first-order valence-corrected chi connectivity index (χ1v) is 7.12. The molecule has 1 aromatic rings. The normalized spacial score (nSPS) is 18.2. The number of ether oxygens (including phenoxy) is 1. The van der Waals surface area contributed by atoms with Gasteiger partial charge in [0.25, 0.3) is 5.91 Å². The zero-order valence-corrected chi connectivity index (χ0v) is 12.3. The van der Waals surface area contributed by atoms with Gasteiger partial charge in [-0.05, 0) is 38.8 Å². The Morgan fingerprint density at radius 3 is 2.81 bits per heavy atom. The van der Waals surface area contributed by atoms with Gasteiger partial charge in [-0.2, -0.15) is 0 Å². The van der Waals surface area contributed by atoms with Gasteiger partial charge in [0.05, 0.1) is 18.8 Å². The lowest BCUT2D eigenvalue weighted by Crippen LogP contribution is -2.39. The summed E-state index contributed by atoms with van der Waals surface area (Å²) in [7, 11) is 0. The highest BCUT2D eigenvalue weighted by Gasteiger charge is 2.30. The van der Waals surface area contributed by atoms with Gasteiger partial charge < -0.3 is 14.7 Å². The number of rotatable bonds is 5. The number of carbonyl (C=O) groups is 2. The Kier molecular flexibility index (Phi) is 4.90. The van der Waals surface area contributed by atoms with Gasteiger partial charge in [-0.1, -0.05) is 6.07 Å². The number of carboxylic acids is 1. The molecule has 2 rings (SSSR count). The fraction of sp³-hybridized carbons (Fsp3) is 0.533. The number of hydrogen-bond acceptors (Lipinski definition) is 4. The maximum absolute atomic E-state index is 12.5. The maximum atomic E-state index is 12.5. The van der Waals surface area contributed by atoms with Crippen molar-refractivity contribution in [3.05, 3.63) is 29.6 Å². The first-order valence-electron chi connectivity index (χ1n) is 7.12. The smallest absolute Gasteiger partial charge is 0.354 e. The second-order valence-electron chi connectivity index (χ2n) is 5.39. The van der Waals surface area contributed by atoms with Gasteiger partial charge in [-0.3, -0.25) is 4.79 Å². The van der Waals surface area contributed by atoms with Crippen molar-refractivity contribution in [3.63, 3.8) is 0 Å². The summed E-state index contributed by atoms with van der Waals surface area (Å²) < 4.78 is 5.60. The summed E-state index contributed by atoms with van der Waals surface area (Å²) in [4.78, 5) is 29.1. The maximum Gasteiger partial charge on any atom is 0.354 e. The quantitative estimate of drug-likeness (QED) is 0.895. The van der Waals surface area contributed by atoms with Crippen LogP contribution in [0.15, 0.2) is 18.2 Å². The van der Waals surface area contributed by atoms with Crippen molar-refractivity contribution in [2.75, 3.05) is 13.2 Å². The molecule has 1 amide bonds. The fourth-order valence-corrected chi connectivity index (χ4v) is 2.40. The number of hydrogen-bond donors (Lipinski definition) is 1. The molecule has 1 fully saturated rings. The van der Waals surface area contributed by atoms with Gasteiger partial charge in [0.1, 0.15) is 11.4 Å². The average molecular weight is 292 g/mol. The van der Waals surface area contributed by atoms with Gasteiger partial charge in [0.15, 0.2) is 0 Å². The predicted molar refractivity (Wildman–Crippen MR) is 76.3 cm³/mol. The second kappa shape index (κ2) is 6.67. The third-order valence-electron chi connectivity index (χ3n) is 3.45. The first-order chi connectivity index (χ1) is 9.99. The second-order valence-corrected chi connectivity index (χ2v) is 5.39. The molecule has 2 heterocycles. The molecule has 0 aromatic carbocycles. The fourth-order valence-electron chi connectivity index (χ4n) is 2.40. The molecule has 6 nitrogen and oxygen atoms in total. The van der Waals surface area contributed by atoms with Crippen LogP contribution in [0.5, 0.6) is 0 Å². The minimum Gasteiger partial charge on any atom is -0.477 e. The van der Waals surface area contributed by atoms with Crippen LogP contribution in [0, 0.1) is 0 Å². The van der Waals surface area contributed by atoms with Gasteiger partial charge in [0, 0.05) is 6.54 Å². The lowest BCUT2D eigenvalue weighted by Gasteiger charge is -2.25. The molecule has 6 heteroatoms. The SMILES string of the molecule is CC(C)OC[C@H]1CCCN1C(=O)c1cccc(C(=O)O)n1. The van der Waals surface area contributed by atoms with E-state index in [0.717, 1.165) is 12.8 Å². The highest BCUT2D eigenvalue weighted by molar-refractivity contribution is 5.94. The molecule has 114 valence electrons. The summed E-state index contributed by atoms with van der Waals surface area (Å²) in [5.41, 5.74) is 0.0568. The van der Waals surface area contributed by atoms with Crippen LogP contribution in [-0.4, -0.2) is 52.2 Å². The molecule has 1 N–H and O–H groups in total. The van der Waals surface area contributed by atoms with Crippen LogP contribution in [-0.2, 0) is 4.74 Å². The topological polar surface area (TPSA) is 79.7 Å². The van der Waals surface area contributed by atoms with Crippen molar-refractivity contribution in [3.8, 4) is 0 Å². The molecule has 1 aliphatic rings. The minimum absolute atomic E-state index is 0.0372. The van der Waals surface area contributed by atoms with E-state index in [-0.39, 0.29) is 29.4 Å². The summed E-state index contributed by atoms with van der Waals surface area (Å²) in [5, 5.41) is 8.95. The Balaban J connectivity index is 2.11. The van der Waals surface area contributed by atoms with Crippen LogP contribution < -0.4 is 0 Å².